The summed E-state index contributed by atoms with van der Waals surface area (Å²) in [4.78, 5) is 11.2. The van der Waals surface area contributed by atoms with Gasteiger partial charge in [0, 0.05) is 25.3 Å². The third-order valence-corrected chi connectivity index (χ3v) is 10.4. The second-order valence-corrected chi connectivity index (χ2v) is 12.4. The Balaban J connectivity index is 2.64. The van der Waals surface area contributed by atoms with Gasteiger partial charge in [-0.2, -0.15) is 0 Å². The molecule has 2 unspecified atom stereocenters. The minimum absolute atomic E-state index is 0.188. The van der Waals surface area contributed by atoms with Crippen molar-refractivity contribution < 1.29 is 19.7 Å². The predicted octanol–water partition coefficient (Wildman–Crippen LogP) is 3.92. The summed E-state index contributed by atoms with van der Waals surface area (Å²) >= 11 is 1.47. The van der Waals surface area contributed by atoms with Crippen LogP contribution in [0.5, 0.6) is 0 Å². The topological polar surface area (TPSA) is 70.0 Å². The Morgan fingerprint density at radius 1 is 1.07 bits per heavy atom. The number of thioether (sulfide) groups is 1. The number of unbranched alkanes of at least 4 members (excludes halogenated alkanes) is 3. The van der Waals surface area contributed by atoms with Crippen LogP contribution in [0.2, 0.25) is 12.1 Å². The van der Waals surface area contributed by atoms with Crippen molar-refractivity contribution >= 4 is 25.8 Å². The van der Waals surface area contributed by atoms with Crippen LogP contribution in [0.4, 0.5) is 0 Å². The smallest absolute Gasteiger partial charge is 0.185 e. The number of aliphatic hydroxyl groups excluding tert-OH is 2. The second kappa shape index (κ2) is 17.9. The van der Waals surface area contributed by atoms with Gasteiger partial charge in [0.05, 0.1) is 6.61 Å². The highest BCUT2D eigenvalue weighted by Crippen LogP contribution is 2.25. The van der Waals surface area contributed by atoms with Crippen LogP contribution in [0.1, 0.15) is 77.6 Å². The Hall–Kier alpha value is 0.0769. The second-order valence-electron chi connectivity index (χ2n) is 7.98. The molecule has 5 nitrogen and oxygen atoms in total. The molecule has 0 amide bonds. The molecule has 2 atom stereocenters. The van der Waals surface area contributed by atoms with E-state index < -0.39 is 8.96 Å². The van der Waals surface area contributed by atoms with E-state index in [9.17, 15) is 4.79 Å². The molecular weight excluding hydrogens is 390 g/mol. The molecule has 0 aromatic carbocycles. The Labute approximate surface area is 178 Å². The Kier molecular flexibility index (Phi) is 16.7. The fraction of sp³-hybridized carbons (Fsp3) is 0.952. The summed E-state index contributed by atoms with van der Waals surface area (Å²) in [5.41, 5.74) is 0. The molecular formula is C21H43NO4SSi. The minimum Gasteiger partial charge on any atom is -0.396 e. The third-order valence-electron chi connectivity index (χ3n) is 5.76. The minimum atomic E-state index is -1.00. The van der Waals surface area contributed by atoms with Gasteiger partial charge in [-0.1, -0.05) is 50.3 Å². The first-order chi connectivity index (χ1) is 13.7. The maximum atomic E-state index is 11.2. The maximum absolute atomic E-state index is 11.2. The molecule has 0 aromatic rings. The van der Waals surface area contributed by atoms with E-state index in [0.717, 1.165) is 31.4 Å². The van der Waals surface area contributed by atoms with Gasteiger partial charge in [-0.3, -0.25) is 4.79 Å². The molecule has 0 spiro atoms. The zero-order valence-corrected chi connectivity index (χ0v) is 19.9. The number of ether oxygens (including phenoxy) is 1. The first-order valence-electron chi connectivity index (χ1n) is 11.4. The molecule has 1 rings (SSSR count). The number of aliphatic hydroxyl groups is 2. The monoisotopic (exact) mass is 433 g/mol. The zero-order valence-electron chi connectivity index (χ0n) is 17.9. The summed E-state index contributed by atoms with van der Waals surface area (Å²) in [7, 11) is -1.00. The lowest BCUT2D eigenvalue weighted by Crippen LogP contribution is -2.48. The predicted molar refractivity (Wildman–Crippen MR) is 121 cm³/mol. The standard InChI is InChI=1S/C21H43NO4SSi/c1-20(25)27-16-10-18-28-17-9-5-3-7-13-22(28)21(12-15-26-19-24)11-6-2-4-8-14-23/h21,23-24,28H,2-19H2,1H3. The molecule has 0 aromatic heterocycles. The van der Waals surface area contributed by atoms with Crippen LogP contribution in [-0.4, -0.2) is 67.2 Å². The van der Waals surface area contributed by atoms with Crippen molar-refractivity contribution in [1.82, 2.24) is 4.57 Å². The van der Waals surface area contributed by atoms with Crippen LogP contribution in [0.25, 0.3) is 0 Å². The third kappa shape index (κ3) is 12.6. The summed E-state index contributed by atoms with van der Waals surface area (Å²) in [5.74, 6) is 0.964. The molecule has 166 valence electrons. The van der Waals surface area contributed by atoms with Gasteiger partial charge in [-0.25, -0.2) is 0 Å². The fourth-order valence-corrected chi connectivity index (χ4v) is 9.03. The number of carbonyl (C=O) groups is 1. The van der Waals surface area contributed by atoms with Crippen LogP contribution in [0.15, 0.2) is 0 Å². The van der Waals surface area contributed by atoms with Gasteiger partial charge in [-0.05, 0) is 50.7 Å². The molecule has 1 aliphatic rings. The van der Waals surface area contributed by atoms with Crippen molar-refractivity contribution in [2.75, 3.05) is 32.3 Å². The maximum Gasteiger partial charge on any atom is 0.185 e. The fourth-order valence-electron chi connectivity index (χ4n) is 4.31. The first kappa shape index (κ1) is 26.1. The van der Waals surface area contributed by atoms with E-state index >= 15 is 0 Å². The van der Waals surface area contributed by atoms with Crippen LogP contribution in [0, 0.1) is 0 Å². The Bertz CT molecular complexity index is 389. The summed E-state index contributed by atoms with van der Waals surface area (Å²) < 4.78 is 8.17. The number of hydrogen-bond donors (Lipinski definition) is 2. The summed E-state index contributed by atoms with van der Waals surface area (Å²) in [6.45, 7) is 3.63. The highest BCUT2D eigenvalue weighted by Gasteiger charge is 2.27. The molecule has 1 fully saturated rings. The van der Waals surface area contributed by atoms with Crippen LogP contribution in [0.3, 0.4) is 0 Å². The molecule has 1 saturated heterocycles. The zero-order chi connectivity index (χ0) is 20.5. The van der Waals surface area contributed by atoms with Crippen molar-refractivity contribution in [3.05, 3.63) is 0 Å². The van der Waals surface area contributed by atoms with Crippen molar-refractivity contribution in [3.8, 4) is 0 Å². The van der Waals surface area contributed by atoms with Gasteiger partial charge in [0.2, 0.25) is 0 Å². The average molecular weight is 434 g/mol. The summed E-state index contributed by atoms with van der Waals surface area (Å²) in [6, 6.07) is 3.27. The van der Waals surface area contributed by atoms with Gasteiger partial charge >= 0.3 is 0 Å². The number of nitrogens with zero attached hydrogens (tertiary/aromatic N) is 1. The summed E-state index contributed by atoms with van der Waals surface area (Å²) in [6.07, 6.45) is 13.2. The Morgan fingerprint density at radius 3 is 2.61 bits per heavy atom. The number of rotatable bonds is 15. The normalized spacial score (nSPS) is 19.9. The lowest BCUT2D eigenvalue weighted by Gasteiger charge is -2.39. The van der Waals surface area contributed by atoms with E-state index in [1.165, 1.54) is 75.3 Å². The van der Waals surface area contributed by atoms with E-state index in [1.54, 1.807) is 6.92 Å². The van der Waals surface area contributed by atoms with Crippen molar-refractivity contribution in [2.45, 2.75) is 95.7 Å². The van der Waals surface area contributed by atoms with Crippen molar-refractivity contribution in [3.63, 3.8) is 0 Å². The molecule has 7 heteroatoms. The van der Waals surface area contributed by atoms with Crippen LogP contribution in [-0.2, 0) is 9.53 Å². The molecule has 1 heterocycles. The van der Waals surface area contributed by atoms with Crippen LogP contribution < -0.4 is 0 Å². The quantitative estimate of drug-likeness (QED) is 0.232. The van der Waals surface area contributed by atoms with Crippen molar-refractivity contribution in [2.24, 2.45) is 0 Å². The van der Waals surface area contributed by atoms with E-state index in [-0.39, 0.29) is 11.9 Å². The molecule has 28 heavy (non-hydrogen) atoms. The molecule has 0 saturated carbocycles. The van der Waals surface area contributed by atoms with Gasteiger partial charge in [0.15, 0.2) is 5.12 Å². The van der Waals surface area contributed by atoms with E-state index in [1.807, 2.05) is 0 Å². The molecule has 1 aliphatic heterocycles. The SMILES string of the molecule is CC(=O)SCCC[SiH]1CCCCCCN1C(CCCCCCO)CCOCO. The highest BCUT2D eigenvalue weighted by atomic mass is 32.2. The summed E-state index contributed by atoms with van der Waals surface area (Å²) in [5, 5.41) is 18.2. The Morgan fingerprint density at radius 2 is 1.86 bits per heavy atom. The van der Waals surface area contributed by atoms with E-state index in [0.29, 0.717) is 19.3 Å². The molecule has 0 aliphatic carbocycles. The lowest BCUT2D eigenvalue weighted by atomic mass is 10.0. The van der Waals surface area contributed by atoms with Crippen molar-refractivity contribution in [1.29, 1.82) is 0 Å². The number of hydrogen-bond acceptors (Lipinski definition) is 6. The van der Waals surface area contributed by atoms with Gasteiger partial charge in [0.1, 0.15) is 15.8 Å². The van der Waals surface area contributed by atoms with E-state index in [2.05, 4.69) is 4.57 Å². The largest absolute Gasteiger partial charge is 0.396 e. The van der Waals surface area contributed by atoms with Gasteiger partial charge in [-0.15, -0.1) is 0 Å². The van der Waals surface area contributed by atoms with Gasteiger partial charge < -0.3 is 19.5 Å². The molecule has 2 N–H and O–H groups in total. The number of carbonyl (C=O) groups excluding carboxylic acids is 1. The average Bonchev–Trinajstić information content (AvgIpc) is 2.65. The highest BCUT2D eigenvalue weighted by molar-refractivity contribution is 8.13. The first-order valence-corrected chi connectivity index (χ1v) is 14.5. The molecule has 0 bridgehead atoms. The molecule has 0 radical (unpaired) electrons. The van der Waals surface area contributed by atoms with E-state index in [4.69, 9.17) is 14.9 Å². The lowest BCUT2D eigenvalue weighted by molar-refractivity contribution is -0.109. The van der Waals surface area contributed by atoms with Gasteiger partial charge in [0.25, 0.3) is 0 Å². The van der Waals surface area contributed by atoms with Crippen LogP contribution >= 0.6 is 11.8 Å².